The van der Waals surface area contributed by atoms with E-state index in [2.05, 4.69) is 15.6 Å². The van der Waals surface area contributed by atoms with Gasteiger partial charge in [-0.1, -0.05) is 25.3 Å². The molecule has 1 atom stereocenters. The van der Waals surface area contributed by atoms with Crippen LogP contribution in [-0.4, -0.2) is 63.7 Å². The van der Waals surface area contributed by atoms with Gasteiger partial charge >= 0.3 is 0 Å². The van der Waals surface area contributed by atoms with E-state index >= 15 is 0 Å². The lowest BCUT2D eigenvalue weighted by Gasteiger charge is -2.22. The number of guanidine groups is 1. The van der Waals surface area contributed by atoms with Crippen molar-refractivity contribution in [2.75, 3.05) is 32.0 Å². The summed E-state index contributed by atoms with van der Waals surface area (Å²) in [5, 5.41) is 18.1. The van der Waals surface area contributed by atoms with Crippen LogP contribution in [0, 0.1) is 0 Å². The van der Waals surface area contributed by atoms with Crippen molar-refractivity contribution in [3.8, 4) is 0 Å². The number of rotatable bonds is 11. The quantitative estimate of drug-likeness (QED) is 0.167. The van der Waals surface area contributed by atoms with E-state index in [4.69, 9.17) is 4.74 Å². The minimum Gasteiger partial charge on any atom is -0.390 e. The van der Waals surface area contributed by atoms with Gasteiger partial charge in [-0.05, 0) is 37.6 Å². The Balaban J connectivity index is 0.00000420. The predicted octanol–water partition coefficient (Wildman–Crippen LogP) is 2.80. The number of hydrogen-bond donors (Lipinski definition) is 3. The number of aliphatic imine (C=N–C) groups is 1. The highest BCUT2D eigenvalue weighted by Gasteiger charge is 2.20. The molecule has 2 rings (SSSR count). The lowest BCUT2D eigenvalue weighted by Crippen LogP contribution is -2.39. The van der Waals surface area contributed by atoms with Crippen molar-refractivity contribution in [2.24, 2.45) is 4.99 Å². The molecule has 0 aromatic carbocycles. The standard InChI is InChI=1S/C19H33N3O4S2.HI/c1-2-20-19(21-11-7-12-26-17-8-4-3-5-9-17)22-14-16(23)15-28(24,25)18-10-6-13-27-18;/h6,10,13,16-17,23H,2-5,7-9,11-12,14-15H2,1H3,(H2,20,21,22);1H. The van der Waals surface area contributed by atoms with Crippen LogP contribution in [0.25, 0.3) is 0 Å². The Hall–Kier alpha value is -0.430. The maximum atomic E-state index is 12.2. The van der Waals surface area contributed by atoms with Crippen LogP contribution in [0.1, 0.15) is 45.4 Å². The van der Waals surface area contributed by atoms with Crippen LogP contribution in [0.3, 0.4) is 0 Å². The number of nitrogens with one attached hydrogen (secondary N) is 2. The molecule has 1 fully saturated rings. The van der Waals surface area contributed by atoms with E-state index in [0.717, 1.165) is 24.4 Å². The van der Waals surface area contributed by atoms with Gasteiger partial charge in [-0.25, -0.2) is 8.42 Å². The topological polar surface area (TPSA) is 100 Å². The maximum absolute atomic E-state index is 12.2. The Labute approximate surface area is 195 Å². The van der Waals surface area contributed by atoms with Gasteiger partial charge in [0, 0.05) is 19.7 Å². The first kappa shape index (κ1) is 26.6. The highest BCUT2D eigenvalue weighted by molar-refractivity contribution is 14.0. The zero-order chi connectivity index (χ0) is 20.2. The van der Waals surface area contributed by atoms with Crippen molar-refractivity contribution in [3.05, 3.63) is 17.5 Å². The second-order valence-electron chi connectivity index (χ2n) is 7.00. The summed E-state index contributed by atoms with van der Waals surface area (Å²) in [4.78, 5) is 4.31. The van der Waals surface area contributed by atoms with E-state index in [1.807, 2.05) is 6.92 Å². The smallest absolute Gasteiger partial charge is 0.191 e. The molecule has 0 radical (unpaired) electrons. The number of hydrogen-bond acceptors (Lipinski definition) is 6. The molecule has 1 heterocycles. The van der Waals surface area contributed by atoms with Gasteiger partial charge in [-0.3, -0.25) is 4.99 Å². The summed E-state index contributed by atoms with van der Waals surface area (Å²) in [5.74, 6) is 0.249. The molecule has 3 N–H and O–H groups in total. The minimum atomic E-state index is -3.47. The molecule has 1 aliphatic carbocycles. The zero-order valence-electron chi connectivity index (χ0n) is 17.0. The molecule has 0 amide bonds. The van der Waals surface area contributed by atoms with E-state index in [1.54, 1.807) is 17.5 Å². The third-order valence-corrected chi connectivity index (χ3v) is 7.82. The number of ether oxygens (including phenoxy) is 1. The first-order chi connectivity index (χ1) is 13.5. The fourth-order valence-electron chi connectivity index (χ4n) is 3.13. The number of aliphatic hydroxyl groups excluding tert-OH is 1. The summed E-state index contributed by atoms with van der Waals surface area (Å²) >= 11 is 1.16. The van der Waals surface area contributed by atoms with Crippen molar-refractivity contribution in [1.29, 1.82) is 0 Å². The van der Waals surface area contributed by atoms with E-state index in [0.29, 0.717) is 25.2 Å². The summed E-state index contributed by atoms with van der Waals surface area (Å²) in [6.45, 7) is 4.11. The third kappa shape index (κ3) is 10.4. The Morgan fingerprint density at radius 2 is 2.10 bits per heavy atom. The Kier molecular flexibility index (Phi) is 13.4. The molecule has 168 valence electrons. The van der Waals surface area contributed by atoms with Crippen LogP contribution in [0.5, 0.6) is 0 Å². The Morgan fingerprint density at radius 1 is 1.34 bits per heavy atom. The molecule has 1 aromatic rings. The SMILES string of the molecule is CCNC(=NCC(O)CS(=O)(=O)c1cccs1)NCCCOC1CCCCC1.I. The van der Waals surface area contributed by atoms with E-state index < -0.39 is 15.9 Å². The highest BCUT2D eigenvalue weighted by atomic mass is 127. The van der Waals surface area contributed by atoms with Gasteiger partial charge in [0.2, 0.25) is 0 Å². The van der Waals surface area contributed by atoms with Gasteiger partial charge in [0.15, 0.2) is 15.8 Å². The second-order valence-corrected chi connectivity index (χ2v) is 10.2. The molecule has 1 unspecified atom stereocenters. The van der Waals surface area contributed by atoms with Crippen LogP contribution >= 0.6 is 35.3 Å². The van der Waals surface area contributed by atoms with Gasteiger partial charge in [0.25, 0.3) is 0 Å². The zero-order valence-corrected chi connectivity index (χ0v) is 21.0. The number of sulfone groups is 1. The molecule has 29 heavy (non-hydrogen) atoms. The van der Waals surface area contributed by atoms with Gasteiger partial charge in [-0.15, -0.1) is 35.3 Å². The van der Waals surface area contributed by atoms with Crippen LogP contribution in [0.2, 0.25) is 0 Å². The molecule has 0 spiro atoms. The predicted molar refractivity (Wildman–Crippen MR) is 129 cm³/mol. The maximum Gasteiger partial charge on any atom is 0.191 e. The first-order valence-electron chi connectivity index (χ1n) is 10.1. The summed E-state index contributed by atoms with van der Waals surface area (Å²) in [5.41, 5.74) is 0. The summed E-state index contributed by atoms with van der Waals surface area (Å²) in [7, 11) is -3.47. The molecule has 0 aliphatic heterocycles. The molecule has 1 aromatic heterocycles. The first-order valence-corrected chi connectivity index (χ1v) is 12.6. The normalized spacial score (nSPS) is 16.8. The highest BCUT2D eigenvalue weighted by Crippen LogP contribution is 2.20. The van der Waals surface area contributed by atoms with Crippen LogP contribution in [-0.2, 0) is 14.6 Å². The van der Waals surface area contributed by atoms with Gasteiger partial charge in [0.05, 0.1) is 24.5 Å². The van der Waals surface area contributed by atoms with Crippen molar-refractivity contribution in [1.82, 2.24) is 10.6 Å². The van der Waals surface area contributed by atoms with Crippen molar-refractivity contribution in [2.45, 2.75) is 61.9 Å². The number of halogens is 1. The van der Waals surface area contributed by atoms with Gasteiger partial charge in [-0.2, -0.15) is 0 Å². The van der Waals surface area contributed by atoms with E-state index in [-0.39, 0.29) is 40.5 Å². The fraction of sp³-hybridized carbons (Fsp3) is 0.737. The monoisotopic (exact) mass is 559 g/mol. The molecule has 1 aliphatic rings. The number of aliphatic hydroxyl groups is 1. The summed E-state index contributed by atoms with van der Waals surface area (Å²) in [6, 6.07) is 3.24. The average molecular weight is 560 g/mol. The molecular weight excluding hydrogens is 525 g/mol. The molecule has 1 saturated carbocycles. The van der Waals surface area contributed by atoms with E-state index in [1.165, 1.54) is 32.1 Å². The van der Waals surface area contributed by atoms with Crippen molar-refractivity contribution < 1.29 is 18.3 Å². The molecular formula is C19H34IN3O4S2. The van der Waals surface area contributed by atoms with Crippen molar-refractivity contribution in [3.63, 3.8) is 0 Å². The summed E-state index contributed by atoms with van der Waals surface area (Å²) < 4.78 is 30.6. The lowest BCUT2D eigenvalue weighted by molar-refractivity contribution is 0.0277. The lowest BCUT2D eigenvalue weighted by atomic mass is 9.98. The number of nitrogens with zero attached hydrogens (tertiary/aromatic N) is 1. The van der Waals surface area contributed by atoms with Crippen LogP contribution in [0.4, 0.5) is 0 Å². The Morgan fingerprint density at radius 3 is 2.76 bits per heavy atom. The second kappa shape index (κ2) is 14.6. The third-order valence-electron chi connectivity index (χ3n) is 4.54. The summed E-state index contributed by atoms with van der Waals surface area (Å²) in [6.07, 6.45) is 6.44. The van der Waals surface area contributed by atoms with Crippen molar-refractivity contribution >= 4 is 51.1 Å². The van der Waals surface area contributed by atoms with Crippen LogP contribution in [0.15, 0.2) is 26.7 Å². The molecule has 10 heteroatoms. The minimum absolute atomic E-state index is 0. The molecule has 7 nitrogen and oxygen atoms in total. The van der Waals surface area contributed by atoms with Gasteiger partial charge < -0.3 is 20.5 Å². The fourth-order valence-corrected chi connectivity index (χ4v) is 5.60. The van der Waals surface area contributed by atoms with Gasteiger partial charge in [0.1, 0.15) is 4.21 Å². The van der Waals surface area contributed by atoms with E-state index in [9.17, 15) is 13.5 Å². The number of thiophene rings is 1. The van der Waals surface area contributed by atoms with Crippen LogP contribution < -0.4 is 10.6 Å². The molecule has 0 saturated heterocycles. The largest absolute Gasteiger partial charge is 0.390 e. The Bertz CT molecular complexity index is 678. The average Bonchev–Trinajstić information content (AvgIpc) is 3.22. The molecule has 0 bridgehead atoms.